The highest BCUT2D eigenvalue weighted by Gasteiger charge is 2.19. The predicted octanol–water partition coefficient (Wildman–Crippen LogP) is 4.72. The Hall–Kier alpha value is -2.60. The Bertz CT molecular complexity index is 790. The lowest BCUT2D eigenvalue weighted by molar-refractivity contribution is -0.145. The number of ether oxygens (including phenoxy) is 1. The summed E-state index contributed by atoms with van der Waals surface area (Å²) in [6, 6.07) is 16.4. The number of hydrogen-bond acceptors (Lipinski definition) is 5. The monoisotopic (exact) mass is 399 g/mol. The molecule has 148 valence electrons. The van der Waals surface area contributed by atoms with E-state index in [2.05, 4.69) is 5.32 Å². The average Bonchev–Trinajstić information content (AvgIpc) is 2.69. The molecular weight excluding hydrogens is 374 g/mol. The first-order valence-electron chi connectivity index (χ1n) is 9.31. The normalized spacial score (nSPS) is 11.5. The number of carbonyl (C=O) groups is 3. The summed E-state index contributed by atoms with van der Waals surface area (Å²) in [7, 11) is 0. The number of carbonyl (C=O) groups excluding carboxylic acids is 3. The number of rotatable bonds is 10. The summed E-state index contributed by atoms with van der Waals surface area (Å²) >= 11 is 1.57. The van der Waals surface area contributed by atoms with E-state index in [0.29, 0.717) is 23.4 Å². The molecule has 28 heavy (non-hydrogen) atoms. The molecule has 5 nitrogen and oxygen atoms in total. The smallest absolute Gasteiger partial charge is 0.307 e. The molecule has 6 heteroatoms. The fraction of sp³-hybridized carbons (Fsp3) is 0.318. The summed E-state index contributed by atoms with van der Waals surface area (Å²) in [5.74, 6) is -0.129. The Balaban J connectivity index is 1.79. The van der Waals surface area contributed by atoms with Crippen molar-refractivity contribution in [2.75, 3.05) is 11.1 Å². The van der Waals surface area contributed by atoms with Gasteiger partial charge in [0.25, 0.3) is 0 Å². The van der Waals surface area contributed by atoms with E-state index in [1.54, 1.807) is 43.0 Å². The van der Waals surface area contributed by atoms with Crippen LogP contribution in [0.5, 0.6) is 0 Å². The molecule has 1 unspecified atom stereocenters. The fourth-order valence-corrected chi connectivity index (χ4v) is 3.34. The van der Waals surface area contributed by atoms with Gasteiger partial charge in [-0.05, 0) is 49.7 Å². The number of amides is 1. The highest BCUT2D eigenvalue weighted by molar-refractivity contribution is 7.99. The van der Waals surface area contributed by atoms with Gasteiger partial charge in [0.2, 0.25) is 11.7 Å². The fourth-order valence-electron chi connectivity index (χ4n) is 2.48. The molecule has 0 aromatic heterocycles. The number of anilines is 1. The molecule has 0 aliphatic rings. The van der Waals surface area contributed by atoms with Crippen LogP contribution in [0.15, 0.2) is 59.5 Å². The summed E-state index contributed by atoms with van der Waals surface area (Å²) in [4.78, 5) is 37.1. The molecular formula is C22H25NO4S. The number of thioether (sulfide) groups is 1. The molecule has 1 N–H and O–H groups in total. The summed E-state index contributed by atoms with van der Waals surface area (Å²) in [6.07, 6.45) is 0.611. The van der Waals surface area contributed by atoms with Crippen LogP contribution in [0.2, 0.25) is 0 Å². The van der Waals surface area contributed by atoms with E-state index in [9.17, 15) is 14.4 Å². The van der Waals surface area contributed by atoms with Crippen molar-refractivity contribution < 1.29 is 19.1 Å². The molecule has 0 aliphatic heterocycles. The Labute approximate surface area is 169 Å². The number of esters is 1. The third kappa shape index (κ3) is 7.19. The van der Waals surface area contributed by atoms with Crippen LogP contribution in [0.4, 0.5) is 5.69 Å². The van der Waals surface area contributed by atoms with Crippen molar-refractivity contribution in [2.45, 2.75) is 44.1 Å². The number of Topliss-reactive ketones (excluding diaryl/α,β-unsaturated/α-hetero) is 1. The highest BCUT2D eigenvalue weighted by atomic mass is 32.2. The number of nitrogens with one attached hydrogen (secondary N) is 1. The molecule has 0 heterocycles. The largest absolute Gasteiger partial charge is 0.454 e. The molecule has 0 saturated heterocycles. The van der Waals surface area contributed by atoms with Gasteiger partial charge in [0.1, 0.15) is 0 Å². The van der Waals surface area contributed by atoms with E-state index < -0.39 is 12.1 Å². The van der Waals surface area contributed by atoms with Crippen LogP contribution < -0.4 is 5.32 Å². The van der Waals surface area contributed by atoms with E-state index in [1.165, 1.54) is 0 Å². The lowest BCUT2D eigenvalue weighted by atomic mass is 10.1. The summed E-state index contributed by atoms with van der Waals surface area (Å²) in [6.45, 7) is 3.51. The first-order valence-corrected chi connectivity index (χ1v) is 10.3. The van der Waals surface area contributed by atoms with Crippen molar-refractivity contribution in [1.82, 2.24) is 0 Å². The molecule has 1 amide bonds. The molecule has 0 aliphatic carbocycles. The predicted molar refractivity (Wildman–Crippen MR) is 112 cm³/mol. The molecule has 0 fully saturated rings. The van der Waals surface area contributed by atoms with Crippen LogP contribution >= 0.6 is 11.8 Å². The van der Waals surface area contributed by atoms with Crippen molar-refractivity contribution in [3.63, 3.8) is 0 Å². The van der Waals surface area contributed by atoms with Gasteiger partial charge in [-0.2, -0.15) is 0 Å². The van der Waals surface area contributed by atoms with Gasteiger partial charge in [-0.15, -0.1) is 11.8 Å². The van der Waals surface area contributed by atoms with Crippen molar-refractivity contribution in [3.8, 4) is 0 Å². The van der Waals surface area contributed by atoms with Crippen molar-refractivity contribution >= 4 is 35.1 Å². The maximum Gasteiger partial charge on any atom is 0.307 e. The van der Waals surface area contributed by atoms with Gasteiger partial charge in [0.15, 0.2) is 6.10 Å². The average molecular weight is 400 g/mol. The molecule has 2 aromatic carbocycles. The summed E-state index contributed by atoms with van der Waals surface area (Å²) in [5, 5.41) is 2.77. The van der Waals surface area contributed by atoms with Gasteiger partial charge in [-0.1, -0.05) is 25.1 Å². The van der Waals surface area contributed by atoms with Gasteiger partial charge in [0, 0.05) is 28.3 Å². The van der Waals surface area contributed by atoms with Crippen LogP contribution in [0.3, 0.4) is 0 Å². The third-order valence-electron chi connectivity index (χ3n) is 3.93. The molecule has 0 spiro atoms. The number of benzene rings is 2. The Kier molecular flexibility index (Phi) is 8.75. The number of ketones is 1. The zero-order valence-corrected chi connectivity index (χ0v) is 17.0. The van der Waals surface area contributed by atoms with Crippen LogP contribution in [0.25, 0.3) is 0 Å². The minimum atomic E-state index is -0.852. The Morgan fingerprint density at radius 1 is 1.00 bits per heavy atom. The van der Waals surface area contributed by atoms with Gasteiger partial charge in [0.05, 0.1) is 6.42 Å². The second-order valence-corrected chi connectivity index (χ2v) is 7.45. The zero-order valence-electron chi connectivity index (χ0n) is 16.1. The molecule has 2 aromatic rings. The zero-order chi connectivity index (χ0) is 20.4. The summed E-state index contributed by atoms with van der Waals surface area (Å²) < 4.78 is 5.26. The van der Waals surface area contributed by atoms with E-state index >= 15 is 0 Å². The molecule has 0 saturated carbocycles. The van der Waals surface area contributed by atoms with Crippen molar-refractivity contribution in [2.24, 2.45) is 0 Å². The quantitative estimate of drug-likeness (QED) is 0.355. The van der Waals surface area contributed by atoms with Crippen molar-refractivity contribution in [1.29, 1.82) is 0 Å². The van der Waals surface area contributed by atoms with E-state index in [4.69, 9.17) is 4.74 Å². The molecule has 1 atom stereocenters. The topological polar surface area (TPSA) is 72.5 Å². The molecule has 0 bridgehead atoms. The van der Waals surface area contributed by atoms with Crippen molar-refractivity contribution in [3.05, 3.63) is 60.2 Å². The maximum absolute atomic E-state index is 12.4. The van der Waals surface area contributed by atoms with Gasteiger partial charge in [-0.3, -0.25) is 14.4 Å². The Morgan fingerprint density at radius 3 is 2.32 bits per heavy atom. The first kappa shape index (κ1) is 21.7. The van der Waals surface area contributed by atoms with Crippen LogP contribution in [0, 0.1) is 0 Å². The van der Waals surface area contributed by atoms with E-state index in [0.717, 1.165) is 11.3 Å². The minimum absolute atomic E-state index is 0.0581. The lowest BCUT2D eigenvalue weighted by Gasteiger charge is -2.13. The SMILES string of the molecule is CCCC(=O)Nc1ccc(C(=O)C(C)OC(=O)CCSc2ccccc2)cc1. The standard InChI is InChI=1S/C22H25NO4S/c1-3-7-20(24)23-18-12-10-17(11-13-18)22(26)16(2)27-21(25)14-15-28-19-8-5-4-6-9-19/h4-6,8-13,16H,3,7,14-15H2,1-2H3,(H,23,24). The summed E-state index contributed by atoms with van der Waals surface area (Å²) in [5.41, 5.74) is 1.07. The lowest BCUT2D eigenvalue weighted by Crippen LogP contribution is -2.24. The Morgan fingerprint density at radius 2 is 1.68 bits per heavy atom. The number of hydrogen-bond donors (Lipinski definition) is 1. The molecule has 0 radical (unpaired) electrons. The molecule has 2 rings (SSSR count). The van der Waals surface area contributed by atoms with Gasteiger partial charge < -0.3 is 10.1 Å². The van der Waals surface area contributed by atoms with Gasteiger partial charge in [-0.25, -0.2) is 0 Å². The van der Waals surface area contributed by atoms with Gasteiger partial charge >= 0.3 is 5.97 Å². The maximum atomic E-state index is 12.4. The second-order valence-electron chi connectivity index (χ2n) is 6.28. The van der Waals surface area contributed by atoms with Crippen LogP contribution in [-0.2, 0) is 14.3 Å². The minimum Gasteiger partial charge on any atom is -0.454 e. The van der Waals surface area contributed by atoms with Crippen LogP contribution in [0.1, 0.15) is 43.5 Å². The van der Waals surface area contributed by atoms with Crippen LogP contribution in [-0.4, -0.2) is 29.5 Å². The third-order valence-corrected chi connectivity index (χ3v) is 4.94. The first-order chi connectivity index (χ1) is 13.5. The highest BCUT2D eigenvalue weighted by Crippen LogP contribution is 2.18. The second kappa shape index (κ2) is 11.3. The van der Waals surface area contributed by atoms with E-state index in [1.807, 2.05) is 37.3 Å². The van der Waals surface area contributed by atoms with E-state index in [-0.39, 0.29) is 18.1 Å².